The van der Waals surface area contributed by atoms with Gasteiger partial charge in [-0.1, -0.05) is 39.0 Å². The zero-order chi connectivity index (χ0) is 24.2. The first-order chi connectivity index (χ1) is 17.2. The van der Waals surface area contributed by atoms with Gasteiger partial charge in [-0.25, -0.2) is 0 Å². The molecule has 1 aromatic heterocycles. The lowest BCUT2D eigenvalue weighted by molar-refractivity contribution is -0.686. The number of hydrogen-bond donors (Lipinski definition) is 2. The van der Waals surface area contributed by atoms with Gasteiger partial charge in [0, 0.05) is 25.1 Å². The monoisotopic (exact) mass is 511 g/mol. The second-order valence-corrected chi connectivity index (χ2v) is 9.60. The summed E-state index contributed by atoms with van der Waals surface area (Å²) in [6.45, 7) is 4.79. The van der Waals surface area contributed by atoms with E-state index in [0.717, 1.165) is 42.3 Å². The molecule has 5 rings (SSSR count). The molecule has 0 atom stereocenters. The van der Waals surface area contributed by atoms with E-state index in [1.165, 1.54) is 71.7 Å². The van der Waals surface area contributed by atoms with Gasteiger partial charge in [0.1, 0.15) is 5.75 Å². The summed E-state index contributed by atoms with van der Waals surface area (Å²) in [6.07, 6.45) is 12.0. The van der Waals surface area contributed by atoms with E-state index in [1.54, 1.807) is 7.11 Å². The molecule has 2 aliphatic rings. The van der Waals surface area contributed by atoms with Gasteiger partial charge in [-0.2, -0.15) is 4.57 Å². The number of aromatic nitrogens is 1. The second kappa shape index (κ2) is 12.0. The van der Waals surface area contributed by atoms with Gasteiger partial charge in [0.05, 0.1) is 23.7 Å². The number of nitrogens with zero attached hydrogens (tertiary/aromatic N) is 1. The molecule has 2 aliphatic heterocycles. The fourth-order valence-electron chi connectivity index (χ4n) is 5.55. The van der Waals surface area contributed by atoms with E-state index in [-0.39, 0.29) is 12.4 Å². The Bertz CT molecular complexity index is 1210. The molecule has 3 heterocycles. The third kappa shape index (κ3) is 5.07. The quantitative estimate of drug-likeness (QED) is 0.305. The van der Waals surface area contributed by atoms with Crippen molar-refractivity contribution in [3.05, 3.63) is 41.6 Å². The molecule has 0 radical (unpaired) electrons. The standard InChI is InChI=1S/C29H37N3O3.ClH/c1-3-4-5-6-7-8-9-22-21-10-11-25(33-2)28(31-14-13-30)24(21)18-32-15-12-20-16-26-27(35-19-34-26)17-23(20)29(22)32;/h10-11,16-18H,3-9,12-15,19,30H2,1-2H3;1H. The fraction of sp³-hybridized carbons (Fsp3) is 0.483. The van der Waals surface area contributed by atoms with Crippen molar-refractivity contribution in [2.24, 2.45) is 5.73 Å². The summed E-state index contributed by atoms with van der Waals surface area (Å²) in [5, 5.41) is 6.02. The maximum atomic E-state index is 5.84. The highest BCUT2D eigenvalue weighted by Crippen LogP contribution is 2.43. The van der Waals surface area contributed by atoms with Crippen LogP contribution in [0.3, 0.4) is 0 Å². The van der Waals surface area contributed by atoms with Crippen LogP contribution in [0, 0.1) is 0 Å². The number of ether oxygens (including phenoxy) is 3. The molecule has 0 unspecified atom stereocenters. The number of nitrogens with one attached hydrogen (secondary N) is 1. The topological polar surface area (TPSA) is 69.6 Å². The van der Waals surface area contributed by atoms with Gasteiger partial charge in [0.2, 0.25) is 12.5 Å². The van der Waals surface area contributed by atoms with Crippen LogP contribution in [0.15, 0.2) is 30.5 Å². The molecule has 0 saturated carbocycles. The van der Waals surface area contributed by atoms with E-state index in [4.69, 9.17) is 19.9 Å². The van der Waals surface area contributed by atoms with E-state index in [9.17, 15) is 0 Å². The first-order valence-corrected chi connectivity index (χ1v) is 13.2. The molecule has 2 aromatic carbocycles. The van der Waals surface area contributed by atoms with Crippen molar-refractivity contribution in [3.63, 3.8) is 0 Å². The van der Waals surface area contributed by atoms with Crippen molar-refractivity contribution in [2.45, 2.75) is 64.8 Å². The third-order valence-electron chi connectivity index (χ3n) is 7.31. The molecule has 0 saturated heterocycles. The predicted octanol–water partition coefficient (Wildman–Crippen LogP) is 2.37. The van der Waals surface area contributed by atoms with Gasteiger partial charge < -0.3 is 37.7 Å². The van der Waals surface area contributed by atoms with E-state index >= 15 is 0 Å². The van der Waals surface area contributed by atoms with Crippen molar-refractivity contribution >= 4 is 16.5 Å². The number of unbranched alkanes of at least 4 members (excludes halogenated alkanes) is 5. The molecule has 7 heteroatoms. The van der Waals surface area contributed by atoms with Crippen LogP contribution in [-0.4, -0.2) is 27.0 Å². The van der Waals surface area contributed by atoms with Crippen molar-refractivity contribution < 1.29 is 31.2 Å². The fourth-order valence-corrected chi connectivity index (χ4v) is 5.55. The highest BCUT2D eigenvalue weighted by atomic mass is 35.5. The SMILES string of the molecule is CCCCCCCCc1c2[n+](cc3c(NCCN)c(OC)ccc13)CCc1cc3c(cc1-2)OCO3.[Cl-]. The van der Waals surface area contributed by atoms with Gasteiger partial charge in [0.15, 0.2) is 24.2 Å². The Balaban J connectivity index is 0.00000304. The molecule has 0 bridgehead atoms. The molecule has 36 heavy (non-hydrogen) atoms. The average molecular weight is 512 g/mol. The number of pyridine rings is 1. The lowest BCUT2D eigenvalue weighted by Crippen LogP contribution is -3.00. The smallest absolute Gasteiger partial charge is 0.231 e. The summed E-state index contributed by atoms with van der Waals surface area (Å²) in [5.41, 5.74) is 12.2. The maximum absolute atomic E-state index is 5.84. The van der Waals surface area contributed by atoms with E-state index in [0.29, 0.717) is 19.9 Å². The second-order valence-electron chi connectivity index (χ2n) is 9.60. The Morgan fingerprint density at radius 3 is 2.58 bits per heavy atom. The Hall–Kier alpha value is -2.70. The minimum atomic E-state index is 0. The van der Waals surface area contributed by atoms with Crippen molar-refractivity contribution in [3.8, 4) is 28.5 Å². The Kier molecular flexibility index (Phi) is 8.81. The van der Waals surface area contributed by atoms with E-state index < -0.39 is 0 Å². The largest absolute Gasteiger partial charge is 1.00 e. The average Bonchev–Trinajstić information content (AvgIpc) is 3.34. The minimum absolute atomic E-state index is 0. The summed E-state index contributed by atoms with van der Waals surface area (Å²) >= 11 is 0. The molecule has 3 N–H and O–H groups in total. The van der Waals surface area contributed by atoms with Crippen molar-refractivity contribution in [1.82, 2.24) is 0 Å². The first kappa shape index (κ1) is 26.4. The molecule has 6 nitrogen and oxygen atoms in total. The summed E-state index contributed by atoms with van der Waals surface area (Å²) in [7, 11) is 1.73. The molecule has 0 fully saturated rings. The van der Waals surface area contributed by atoms with Gasteiger partial charge in [-0.3, -0.25) is 0 Å². The first-order valence-electron chi connectivity index (χ1n) is 13.2. The number of benzene rings is 2. The molecule has 0 aliphatic carbocycles. The molecular weight excluding hydrogens is 474 g/mol. The molecule has 194 valence electrons. The zero-order valence-electron chi connectivity index (χ0n) is 21.5. The van der Waals surface area contributed by atoms with Crippen LogP contribution in [0.4, 0.5) is 5.69 Å². The number of nitrogens with two attached hydrogens (primary N) is 1. The van der Waals surface area contributed by atoms with Crippen LogP contribution in [-0.2, 0) is 19.4 Å². The number of anilines is 1. The zero-order valence-corrected chi connectivity index (χ0v) is 22.3. The van der Waals surface area contributed by atoms with Crippen LogP contribution in [0.5, 0.6) is 17.2 Å². The highest BCUT2D eigenvalue weighted by Gasteiger charge is 2.31. The normalized spacial score (nSPS) is 13.2. The lowest BCUT2D eigenvalue weighted by Gasteiger charge is -2.21. The van der Waals surface area contributed by atoms with Gasteiger partial charge in [-0.15, -0.1) is 0 Å². The summed E-state index contributed by atoms with van der Waals surface area (Å²) in [5.74, 6) is 2.58. The highest BCUT2D eigenvalue weighted by molar-refractivity contribution is 6.00. The van der Waals surface area contributed by atoms with Crippen molar-refractivity contribution in [2.75, 3.05) is 32.3 Å². The lowest BCUT2D eigenvalue weighted by atomic mass is 9.89. The van der Waals surface area contributed by atoms with Gasteiger partial charge >= 0.3 is 0 Å². The van der Waals surface area contributed by atoms with Crippen molar-refractivity contribution in [1.29, 1.82) is 0 Å². The number of methoxy groups -OCH3 is 1. The molecule has 3 aromatic rings. The van der Waals surface area contributed by atoms with Crippen LogP contribution in [0.25, 0.3) is 22.0 Å². The number of halogens is 1. The summed E-state index contributed by atoms with van der Waals surface area (Å²) < 4.78 is 19.6. The third-order valence-corrected chi connectivity index (χ3v) is 7.31. The summed E-state index contributed by atoms with van der Waals surface area (Å²) in [6, 6.07) is 8.70. The number of aryl methyl sites for hydroxylation is 3. The van der Waals surface area contributed by atoms with Crippen LogP contribution in [0.1, 0.15) is 56.6 Å². The Labute approximate surface area is 220 Å². The maximum Gasteiger partial charge on any atom is 0.231 e. The van der Waals surface area contributed by atoms with E-state index in [2.05, 4.69) is 47.3 Å². The Morgan fingerprint density at radius 2 is 1.81 bits per heavy atom. The number of fused-ring (bicyclic) bond motifs is 5. The van der Waals surface area contributed by atoms with Gasteiger partial charge in [-0.05, 0) is 48.1 Å². The molecule has 0 amide bonds. The van der Waals surface area contributed by atoms with Crippen LogP contribution in [0.2, 0.25) is 0 Å². The Morgan fingerprint density at radius 1 is 1.03 bits per heavy atom. The van der Waals surface area contributed by atoms with Gasteiger partial charge in [0.25, 0.3) is 0 Å². The molecule has 0 spiro atoms. The minimum Gasteiger partial charge on any atom is -1.00 e. The predicted molar refractivity (Wildman–Crippen MR) is 141 cm³/mol. The van der Waals surface area contributed by atoms with E-state index in [1.807, 2.05) is 0 Å². The number of hydrogen-bond acceptors (Lipinski definition) is 5. The molecular formula is C29H38ClN3O3. The number of rotatable bonds is 11. The summed E-state index contributed by atoms with van der Waals surface area (Å²) in [4.78, 5) is 0. The van der Waals surface area contributed by atoms with Crippen LogP contribution < -0.4 is 42.2 Å². The van der Waals surface area contributed by atoms with Crippen LogP contribution >= 0.6 is 0 Å².